The van der Waals surface area contributed by atoms with Crippen LogP contribution in [0.3, 0.4) is 0 Å². The van der Waals surface area contributed by atoms with E-state index in [0.717, 1.165) is 33.5 Å². The first-order chi connectivity index (χ1) is 20.3. The van der Waals surface area contributed by atoms with E-state index in [2.05, 4.69) is 121 Å². The minimum Gasteiger partial charge on any atom is -0.244 e. The molecule has 0 fully saturated rings. The molecule has 190 valence electrons. The van der Waals surface area contributed by atoms with Crippen molar-refractivity contribution in [2.24, 2.45) is 0 Å². The molecule has 0 atom stereocenters. The molecule has 0 saturated carbocycles. The van der Waals surface area contributed by atoms with Crippen LogP contribution in [-0.4, -0.2) is 9.97 Å². The van der Waals surface area contributed by atoms with Crippen molar-refractivity contribution < 1.29 is 0 Å². The van der Waals surface area contributed by atoms with Gasteiger partial charge in [-0.1, -0.05) is 103 Å². The Morgan fingerprint density at radius 1 is 0.390 bits per heavy atom. The highest BCUT2D eigenvalue weighted by molar-refractivity contribution is 7.26. The minimum atomic E-state index is 0.896. The molecule has 0 amide bonds. The van der Waals surface area contributed by atoms with Gasteiger partial charge in [0.15, 0.2) is 0 Å². The number of nitrogens with zero attached hydrogens (tertiary/aromatic N) is 2. The standard InChI is InChI=1S/C38H22N2S/c1-2-10-23(11-3-1)24-12-6-13-25(22-24)37-38(40-31-19-5-4-18-30(31)39-37)29-17-7-14-26-27-15-8-20-32-35(27)36-28(34(26)29)16-9-21-33(36)41-32/h1-22H. The molecule has 2 aromatic heterocycles. The lowest BCUT2D eigenvalue weighted by atomic mass is 9.89. The Balaban J connectivity index is 1.41. The van der Waals surface area contributed by atoms with Crippen LogP contribution in [0.4, 0.5) is 0 Å². The van der Waals surface area contributed by atoms with E-state index in [9.17, 15) is 0 Å². The number of fused-ring (bicyclic) bond motifs is 4. The predicted molar refractivity (Wildman–Crippen MR) is 175 cm³/mol. The van der Waals surface area contributed by atoms with E-state index in [1.807, 2.05) is 23.5 Å². The average molecular weight is 539 g/mol. The van der Waals surface area contributed by atoms with Crippen LogP contribution in [0.15, 0.2) is 133 Å². The molecular formula is C38H22N2S. The molecule has 7 aromatic carbocycles. The van der Waals surface area contributed by atoms with Crippen LogP contribution in [0, 0.1) is 0 Å². The zero-order chi connectivity index (χ0) is 26.9. The SMILES string of the molecule is c1ccc(-c2cccc(-c3nc4ccccc4nc3-c3cccc4c5cccc6sc7cccc(c34)c7c65)c2)cc1. The predicted octanol–water partition coefficient (Wildman–Crippen LogP) is 10.7. The van der Waals surface area contributed by atoms with Crippen LogP contribution >= 0.6 is 11.3 Å². The summed E-state index contributed by atoms with van der Waals surface area (Å²) in [6.45, 7) is 0. The molecule has 0 spiro atoms. The quantitative estimate of drug-likeness (QED) is 0.209. The fourth-order valence-electron chi connectivity index (χ4n) is 6.43. The van der Waals surface area contributed by atoms with Crippen LogP contribution in [0.25, 0.3) is 86.4 Å². The largest absolute Gasteiger partial charge is 0.244 e. The maximum atomic E-state index is 5.33. The second kappa shape index (κ2) is 8.69. The lowest BCUT2D eigenvalue weighted by molar-refractivity contribution is 1.30. The van der Waals surface area contributed by atoms with E-state index in [-0.39, 0.29) is 0 Å². The number of hydrogen-bond donors (Lipinski definition) is 0. The number of hydrogen-bond acceptors (Lipinski definition) is 3. The van der Waals surface area contributed by atoms with Crippen LogP contribution in [0.1, 0.15) is 0 Å². The Hall–Kier alpha value is -5.12. The monoisotopic (exact) mass is 538 g/mol. The van der Waals surface area contributed by atoms with Crippen LogP contribution in [0.2, 0.25) is 0 Å². The molecule has 0 aliphatic carbocycles. The van der Waals surface area contributed by atoms with Gasteiger partial charge in [0.25, 0.3) is 0 Å². The van der Waals surface area contributed by atoms with Crippen molar-refractivity contribution >= 4 is 64.1 Å². The van der Waals surface area contributed by atoms with Crippen molar-refractivity contribution in [1.82, 2.24) is 9.97 Å². The first-order valence-corrected chi connectivity index (χ1v) is 14.7. The molecule has 2 heterocycles. The van der Waals surface area contributed by atoms with Gasteiger partial charge in [0.1, 0.15) is 0 Å². The second-order valence-corrected chi connectivity index (χ2v) is 11.6. The molecule has 2 nitrogen and oxygen atoms in total. The van der Waals surface area contributed by atoms with Crippen molar-refractivity contribution in [3.63, 3.8) is 0 Å². The summed E-state index contributed by atoms with van der Waals surface area (Å²) in [5.41, 5.74) is 8.13. The molecule has 9 rings (SSSR count). The molecule has 41 heavy (non-hydrogen) atoms. The van der Waals surface area contributed by atoms with E-state index >= 15 is 0 Å². The van der Waals surface area contributed by atoms with Crippen molar-refractivity contribution in [2.75, 3.05) is 0 Å². The Morgan fingerprint density at radius 3 is 1.73 bits per heavy atom. The third kappa shape index (κ3) is 3.36. The van der Waals surface area contributed by atoms with Crippen molar-refractivity contribution in [1.29, 1.82) is 0 Å². The van der Waals surface area contributed by atoms with E-state index < -0.39 is 0 Å². The normalized spacial score (nSPS) is 11.9. The molecule has 0 bridgehead atoms. The van der Waals surface area contributed by atoms with Crippen LogP contribution in [0.5, 0.6) is 0 Å². The molecule has 0 N–H and O–H groups in total. The number of aromatic nitrogens is 2. The number of para-hydroxylation sites is 2. The van der Waals surface area contributed by atoms with Gasteiger partial charge in [-0.15, -0.1) is 11.3 Å². The second-order valence-electron chi connectivity index (χ2n) is 10.5. The van der Waals surface area contributed by atoms with Gasteiger partial charge in [-0.05, 0) is 63.0 Å². The smallest absolute Gasteiger partial charge is 0.0979 e. The zero-order valence-corrected chi connectivity index (χ0v) is 22.8. The van der Waals surface area contributed by atoms with Gasteiger partial charge >= 0.3 is 0 Å². The Morgan fingerprint density at radius 2 is 0.951 bits per heavy atom. The van der Waals surface area contributed by atoms with Gasteiger partial charge in [-0.2, -0.15) is 0 Å². The molecule has 0 aliphatic rings. The van der Waals surface area contributed by atoms with Crippen LogP contribution < -0.4 is 0 Å². The molecule has 0 aliphatic heterocycles. The summed E-state index contributed by atoms with van der Waals surface area (Å²) in [6.07, 6.45) is 0. The summed E-state index contributed by atoms with van der Waals surface area (Å²) in [7, 11) is 0. The molecule has 0 saturated heterocycles. The van der Waals surface area contributed by atoms with Crippen molar-refractivity contribution in [3.8, 4) is 33.6 Å². The highest BCUT2D eigenvalue weighted by Crippen LogP contribution is 2.47. The first kappa shape index (κ1) is 22.7. The summed E-state index contributed by atoms with van der Waals surface area (Å²) in [5.74, 6) is 0. The molecule has 0 unspecified atom stereocenters. The summed E-state index contributed by atoms with van der Waals surface area (Å²) in [6, 6.07) is 47.5. The fraction of sp³-hybridized carbons (Fsp3) is 0. The van der Waals surface area contributed by atoms with E-state index in [1.54, 1.807) is 0 Å². The third-order valence-electron chi connectivity index (χ3n) is 8.22. The fourth-order valence-corrected chi connectivity index (χ4v) is 7.59. The first-order valence-electron chi connectivity index (χ1n) is 13.8. The average Bonchev–Trinajstić information content (AvgIpc) is 3.44. The van der Waals surface area contributed by atoms with Crippen molar-refractivity contribution in [3.05, 3.63) is 133 Å². The van der Waals surface area contributed by atoms with Gasteiger partial charge in [-0.25, -0.2) is 9.97 Å². The summed E-state index contributed by atoms with van der Waals surface area (Å²) in [5, 5.41) is 7.78. The summed E-state index contributed by atoms with van der Waals surface area (Å²) in [4.78, 5) is 10.6. The Bertz CT molecular complexity index is 2420. The van der Waals surface area contributed by atoms with Crippen molar-refractivity contribution in [2.45, 2.75) is 0 Å². The maximum Gasteiger partial charge on any atom is 0.0979 e. The number of benzene rings is 7. The van der Waals surface area contributed by atoms with E-state index in [1.165, 1.54) is 52.8 Å². The Kier molecular flexibility index (Phi) is 4.80. The maximum absolute atomic E-state index is 5.33. The lowest BCUT2D eigenvalue weighted by Gasteiger charge is -2.16. The minimum absolute atomic E-state index is 0.896. The summed E-state index contributed by atoms with van der Waals surface area (Å²) >= 11 is 1.88. The third-order valence-corrected chi connectivity index (χ3v) is 9.34. The molecule has 0 radical (unpaired) electrons. The molecule has 3 heteroatoms. The van der Waals surface area contributed by atoms with Gasteiger partial charge in [0, 0.05) is 31.3 Å². The summed E-state index contributed by atoms with van der Waals surface area (Å²) < 4.78 is 2.66. The van der Waals surface area contributed by atoms with Gasteiger partial charge < -0.3 is 0 Å². The lowest BCUT2D eigenvalue weighted by Crippen LogP contribution is -1.97. The molecular weight excluding hydrogens is 516 g/mol. The van der Waals surface area contributed by atoms with Gasteiger partial charge in [0.2, 0.25) is 0 Å². The van der Waals surface area contributed by atoms with E-state index in [0.29, 0.717) is 0 Å². The van der Waals surface area contributed by atoms with Gasteiger partial charge in [0.05, 0.1) is 22.4 Å². The number of thiophene rings is 1. The number of rotatable bonds is 3. The molecule has 9 aromatic rings. The highest BCUT2D eigenvalue weighted by atomic mass is 32.1. The zero-order valence-electron chi connectivity index (χ0n) is 22.0. The van der Waals surface area contributed by atoms with E-state index in [4.69, 9.17) is 9.97 Å². The van der Waals surface area contributed by atoms with Crippen LogP contribution in [-0.2, 0) is 0 Å². The topological polar surface area (TPSA) is 25.8 Å². The highest BCUT2D eigenvalue weighted by Gasteiger charge is 2.21. The Labute approximate surface area is 240 Å². The van der Waals surface area contributed by atoms with Gasteiger partial charge in [-0.3, -0.25) is 0 Å².